The number of nitrogens with two attached hydrogens (primary N) is 1. The van der Waals surface area contributed by atoms with Crippen molar-refractivity contribution in [3.63, 3.8) is 0 Å². The van der Waals surface area contributed by atoms with Gasteiger partial charge in [-0.3, -0.25) is 9.36 Å². The zero-order valence-electron chi connectivity index (χ0n) is 7.14. The molecule has 0 aliphatic heterocycles. The lowest BCUT2D eigenvalue weighted by molar-refractivity contribution is 0.796. The van der Waals surface area contributed by atoms with Crippen molar-refractivity contribution in [2.45, 2.75) is 6.54 Å². The predicted octanol–water partition coefficient (Wildman–Crippen LogP) is 0.744. The summed E-state index contributed by atoms with van der Waals surface area (Å²) in [6.07, 6.45) is 1.47. The van der Waals surface area contributed by atoms with Gasteiger partial charge in [0.1, 0.15) is 4.83 Å². The third-order valence-corrected chi connectivity index (χ3v) is 2.73. The second kappa shape index (κ2) is 3.47. The highest BCUT2D eigenvalue weighted by Crippen LogP contribution is 2.12. The molecule has 0 fully saturated rings. The van der Waals surface area contributed by atoms with Crippen molar-refractivity contribution in [1.82, 2.24) is 9.55 Å². The van der Waals surface area contributed by atoms with Gasteiger partial charge in [0.15, 0.2) is 0 Å². The first-order valence-electron chi connectivity index (χ1n) is 3.89. The topological polar surface area (TPSA) is 60.9 Å². The second-order valence-electron chi connectivity index (χ2n) is 2.78. The lowest BCUT2D eigenvalue weighted by Gasteiger charge is -2.02. The second-order valence-corrected chi connectivity index (χ2v) is 4.20. The van der Waals surface area contributed by atoms with Gasteiger partial charge in [0, 0.05) is 0 Å². The lowest BCUT2D eigenvalue weighted by Crippen LogP contribution is -2.26. The molecule has 0 aromatic carbocycles. The Bertz CT molecular complexity index is 543. The van der Waals surface area contributed by atoms with E-state index < -0.39 is 0 Å². The maximum absolute atomic E-state index is 11.7. The van der Waals surface area contributed by atoms with Gasteiger partial charge in [0.25, 0.3) is 5.56 Å². The van der Waals surface area contributed by atoms with E-state index in [2.05, 4.69) is 4.98 Å². The van der Waals surface area contributed by atoms with Gasteiger partial charge in [-0.1, -0.05) is 12.2 Å². The van der Waals surface area contributed by atoms with E-state index in [0.29, 0.717) is 5.39 Å². The summed E-state index contributed by atoms with van der Waals surface area (Å²) in [6, 6.07) is 1.76. The molecular formula is C8H7N3OS2. The molecule has 2 N–H and O–H groups in total. The van der Waals surface area contributed by atoms with Crippen LogP contribution in [0.15, 0.2) is 22.6 Å². The van der Waals surface area contributed by atoms with E-state index in [9.17, 15) is 4.79 Å². The van der Waals surface area contributed by atoms with Crippen LogP contribution in [0, 0.1) is 0 Å². The van der Waals surface area contributed by atoms with E-state index in [4.69, 9.17) is 18.0 Å². The summed E-state index contributed by atoms with van der Waals surface area (Å²) in [4.78, 5) is 16.9. The molecule has 0 aliphatic carbocycles. The van der Waals surface area contributed by atoms with Crippen molar-refractivity contribution >= 4 is 38.8 Å². The first-order valence-corrected chi connectivity index (χ1v) is 5.18. The van der Waals surface area contributed by atoms with Crippen LogP contribution in [0.4, 0.5) is 0 Å². The summed E-state index contributed by atoms with van der Waals surface area (Å²) >= 11 is 6.17. The molecule has 0 radical (unpaired) electrons. The van der Waals surface area contributed by atoms with Crippen LogP contribution >= 0.6 is 23.6 Å². The zero-order chi connectivity index (χ0) is 10.1. The Morgan fingerprint density at radius 2 is 2.50 bits per heavy atom. The van der Waals surface area contributed by atoms with Crippen LogP contribution in [0.2, 0.25) is 0 Å². The molecule has 2 heterocycles. The predicted molar refractivity (Wildman–Crippen MR) is 60.7 cm³/mol. The van der Waals surface area contributed by atoms with Crippen LogP contribution in [-0.4, -0.2) is 14.5 Å². The number of fused-ring (bicyclic) bond motifs is 1. The molecule has 0 amide bonds. The van der Waals surface area contributed by atoms with Gasteiger partial charge in [0.2, 0.25) is 0 Å². The lowest BCUT2D eigenvalue weighted by atomic mass is 10.4. The summed E-state index contributed by atoms with van der Waals surface area (Å²) < 4.78 is 1.41. The van der Waals surface area contributed by atoms with Gasteiger partial charge < -0.3 is 5.73 Å². The molecule has 2 rings (SSSR count). The average Bonchev–Trinajstić information content (AvgIpc) is 2.57. The minimum absolute atomic E-state index is 0.0935. The molecular weight excluding hydrogens is 218 g/mol. The maximum Gasteiger partial charge on any atom is 0.262 e. The van der Waals surface area contributed by atoms with Crippen LogP contribution in [0.3, 0.4) is 0 Å². The van der Waals surface area contributed by atoms with Gasteiger partial charge in [-0.2, -0.15) is 0 Å². The smallest absolute Gasteiger partial charge is 0.262 e. The Labute approximate surface area is 89.0 Å². The van der Waals surface area contributed by atoms with Crippen molar-refractivity contribution in [2.75, 3.05) is 0 Å². The molecule has 2 aromatic heterocycles. The van der Waals surface area contributed by atoms with Gasteiger partial charge in [-0.15, -0.1) is 11.3 Å². The highest BCUT2D eigenvalue weighted by molar-refractivity contribution is 7.80. The Morgan fingerprint density at radius 1 is 1.71 bits per heavy atom. The SMILES string of the molecule is NC(=S)Cn1cnc2sccc2c1=O. The number of rotatable bonds is 2. The minimum Gasteiger partial charge on any atom is -0.392 e. The third-order valence-electron chi connectivity index (χ3n) is 1.78. The van der Waals surface area contributed by atoms with Crippen molar-refractivity contribution in [3.05, 3.63) is 28.1 Å². The van der Waals surface area contributed by atoms with Gasteiger partial charge in [0.05, 0.1) is 23.2 Å². The van der Waals surface area contributed by atoms with Crippen LogP contribution in [0.1, 0.15) is 0 Å². The fourth-order valence-electron chi connectivity index (χ4n) is 1.17. The van der Waals surface area contributed by atoms with Crippen LogP contribution in [-0.2, 0) is 6.54 Å². The van der Waals surface area contributed by atoms with Crippen molar-refractivity contribution < 1.29 is 0 Å². The first-order chi connectivity index (χ1) is 6.68. The first kappa shape index (κ1) is 9.29. The molecule has 0 spiro atoms. The highest BCUT2D eigenvalue weighted by atomic mass is 32.1. The highest BCUT2D eigenvalue weighted by Gasteiger charge is 2.04. The molecule has 0 saturated carbocycles. The maximum atomic E-state index is 11.7. The summed E-state index contributed by atoms with van der Waals surface area (Å²) in [5, 5.41) is 2.46. The van der Waals surface area contributed by atoms with E-state index in [1.807, 2.05) is 5.38 Å². The molecule has 4 nitrogen and oxygen atoms in total. The number of thiocarbonyl (C=S) groups is 1. The number of aromatic nitrogens is 2. The Balaban J connectivity index is 2.62. The average molecular weight is 225 g/mol. The molecule has 0 unspecified atom stereocenters. The van der Waals surface area contributed by atoms with Crippen LogP contribution < -0.4 is 11.3 Å². The molecule has 0 saturated heterocycles. The van der Waals surface area contributed by atoms with Gasteiger partial charge in [-0.25, -0.2) is 4.98 Å². The molecule has 0 bridgehead atoms. The van der Waals surface area contributed by atoms with Crippen molar-refractivity contribution in [1.29, 1.82) is 0 Å². The Kier molecular flexibility index (Phi) is 2.30. The number of hydrogen-bond acceptors (Lipinski definition) is 4. The summed E-state index contributed by atoms with van der Waals surface area (Å²) in [5.74, 6) is 0. The summed E-state index contributed by atoms with van der Waals surface area (Å²) in [7, 11) is 0. The fourth-order valence-corrected chi connectivity index (χ4v) is 2.04. The minimum atomic E-state index is -0.0935. The molecule has 14 heavy (non-hydrogen) atoms. The Hall–Kier alpha value is -1.27. The number of nitrogens with zero attached hydrogens (tertiary/aromatic N) is 2. The van der Waals surface area contributed by atoms with E-state index >= 15 is 0 Å². The summed E-state index contributed by atoms with van der Waals surface area (Å²) in [5.41, 5.74) is 5.27. The molecule has 0 aliphatic rings. The van der Waals surface area contributed by atoms with E-state index in [-0.39, 0.29) is 17.1 Å². The fraction of sp³-hybridized carbons (Fsp3) is 0.125. The molecule has 72 valence electrons. The molecule has 6 heteroatoms. The Morgan fingerprint density at radius 3 is 3.21 bits per heavy atom. The van der Waals surface area contributed by atoms with Crippen molar-refractivity contribution in [2.24, 2.45) is 5.73 Å². The molecule has 2 aromatic rings. The van der Waals surface area contributed by atoms with Crippen molar-refractivity contribution in [3.8, 4) is 0 Å². The van der Waals surface area contributed by atoms with E-state index in [1.165, 1.54) is 22.2 Å². The number of hydrogen-bond donors (Lipinski definition) is 1. The normalized spacial score (nSPS) is 10.6. The largest absolute Gasteiger partial charge is 0.392 e. The summed E-state index contributed by atoms with van der Waals surface area (Å²) in [6.45, 7) is 0.243. The van der Waals surface area contributed by atoms with E-state index in [1.54, 1.807) is 6.07 Å². The third kappa shape index (κ3) is 1.53. The van der Waals surface area contributed by atoms with Gasteiger partial charge >= 0.3 is 0 Å². The van der Waals surface area contributed by atoms with Gasteiger partial charge in [-0.05, 0) is 11.4 Å². The van der Waals surface area contributed by atoms with E-state index in [0.717, 1.165) is 4.83 Å². The number of thiophene rings is 1. The standard InChI is InChI=1S/C8H7N3OS2/c9-6(13)3-11-4-10-7-5(8(11)12)1-2-14-7/h1-2,4H,3H2,(H2,9,13). The van der Waals surface area contributed by atoms with Crippen LogP contribution in [0.25, 0.3) is 10.2 Å². The molecule has 0 atom stereocenters. The monoisotopic (exact) mass is 225 g/mol. The van der Waals surface area contributed by atoms with Crippen LogP contribution in [0.5, 0.6) is 0 Å². The quantitative estimate of drug-likeness (QED) is 0.766. The zero-order valence-corrected chi connectivity index (χ0v) is 8.77.